The number of aliphatic hydroxyl groups excluding tert-OH is 1. The molecule has 0 bridgehead atoms. The minimum absolute atomic E-state index is 0.394. The van der Waals surface area contributed by atoms with E-state index in [1.165, 1.54) is 11.4 Å². The quantitative estimate of drug-likeness (QED) is 0.523. The third kappa shape index (κ3) is 7.38. The zero-order chi connectivity index (χ0) is 19.9. The molecule has 1 atom stereocenters. The molecule has 0 aliphatic carbocycles. The van der Waals surface area contributed by atoms with Crippen molar-refractivity contribution in [3.8, 4) is 0 Å². The van der Waals surface area contributed by atoms with E-state index in [4.69, 9.17) is 11.6 Å². The summed E-state index contributed by atoms with van der Waals surface area (Å²) in [5.74, 6) is 0. The lowest BCUT2D eigenvalue weighted by Gasteiger charge is -2.18. The molecule has 0 spiro atoms. The van der Waals surface area contributed by atoms with Gasteiger partial charge in [-0.05, 0) is 54.9 Å². The first-order valence-electron chi connectivity index (χ1n) is 8.67. The summed E-state index contributed by atoms with van der Waals surface area (Å²) in [6.07, 6.45) is 1.47. The maximum Gasteiger partial charge on any atom is 0.231 e. The fourth-order valence-electron chi connectivity index (χ4n) is 2.48. The average molecular weight is 412 g/mol. The molecule has 2 aromatic rings. The molecule has 2 rings (SSSR count). The van der Waals surface area contributed by atoms with Crippen LogP contribution in [-0.4, -0.2) is 52.6 Å². The van der Waals surface area contributed by atoms with E-state index in [0.29, 0.717) is 18.8 Å². The van der Waals surface area contributed by atoms with Gasteiger partial charge < -0.3 is 15.7 Å². The SMILES string of the molecule is CN(c1ccc(NCC(O)CNCCc2cccc(Cl)c2)cc1)S(C)(=O)=O. The molecule has 0 fully saturated rings. The number of hydrogen-bond donors (Lipinski definition) is 3. The van der Waals surface area contributed by atoms with Gasteiger partial charge in [0.15, 0.2) is 0 Å². The van der Waals surface area contributed by atoms with E-state index in [1.54, 1.807) is 24.3 Å². The zero-order valence-electron chi connectivity index (χ0n) is 15.5. The molecule has 0 saturated heterocycles. The summed E-state index contributed by atoms with van der Waals surface area (Å²) < 4.78 is 24.3. The molecule has 1 unspecified atom stereocenters. The van der Waals surface area contributed by atoms with Gasteiger partial charge in [0, 0.05) is 30.8 Å². The van der Waals surface area contributed by atoms with Crippen LogP contribution in [0.5, 0.6) is 0 Å². The number of nitrogens with zero attached hydrogens (tertiary/aromatic N) is 1. The van der Waals surface area contributed by atoms with Crippen LogP contribution in [0, 0.1) is 0 Å². The number of halogens is 1. The van der Waals surface area contributed by atoms with Gasteiger partial charge in [-0.25, -0.2) is 8.42 Å². The maximum atomic E-state index is 11.5. The van der Waals surface area contributed by atoms with Gasteiger partial charge >= 0.3 is 0 Å². The third-order valence-electron chi connectivity index (χ3n) is 4.13. The Bertz CT molecular complexity index is 828. The van der Waals surface area contributed by atoms with Gasteiger partial charge in [0.2, 0.25) is 10.0 Å². The Morgan fingerprint density at radius 3 is 2.48 bits per heavy atom. The number of rotatable bonds is 10. The summed E-state index contributed by atoms with van der Waals surface area (Å²) in [5.41, 5.74) is 2.56. The van der Waals surface area contributed by atoms with Crippen LogP contribution < -0.4 is 14.9 Å². The predicted octanol–water partition coefficient (Wildman–Crippen LogP) is 2.34. The average Bonchev–Trinajstić information content (AvgIpc) is 2.63. The third-order valence-corrected chi connectivity index (χ3v) is 5.57. The van der Waals surface area contributed by atoms with Crippen LogP contribution in [-0.2, 0) is 16.4 Å². The summed E-state index contributed by atoms with van der Waals surface area (Å²) in [4.78, 5) is 0. The highest BCUT2D eigenvalue weighted by Crippen LogP contribution is 2.18. The Labute approximate surface area is 166 Å². The predicted molar refractivity (Wildman–Crippen MR) is 112 cm³/mol. The molecule has 0 aromatic heterocycles. The van der Waals surface area contributed by atoms with Gasteiger partial charge in [0.25, 0.3) is 0 Å². The van der Waals surface area contributed by atoms with E-state index in [0.717, 1.165) is 35.5 Å². The van der Waals surface area contributed by atoms with Crippen LogP contribution in [0.15, 0.2) is 48.5 Å². The van der Waals surface area contributed by atoms with Crippen molar-refractivity contribution in [2.24, 2.45) is 0 Å². The summed E-state index contributed by atoms with van der Waals surface area (Å²) >= 11 is 5.96. The Morgan fingerprint density at radius 1 is 1.15 bits per heavy atom. The highest BCUT2D eigenvalue weighted by molar-refractivity contribution is 7.92. The number of benzene rings is 2. The highest BCUT2D eigenvalue weighted by atomic mass is 35.5. The Kier molecular flexibility index (Phi) is 7.91. The smallest absolute Gasteiger partial charge is 0.231 e. The van der Waals surface area contributed by atoms with Gasteiger partial charge in [-0.3, -0.25) is 4.31 Å². The van der Waals surface area contributed by atoms with E-state index < -0.39 is 16.1 Å². The number of anilines is 2. The van der Waals surface area contributed by atoms with Crippen LogP contribution in [0.3, 0.4) is 0 Å². The lowest BCUT2D eigenvalue weighted by atomic mass is 10.1. The van der Waals surface area contributed by atoms with E-state index in [9.17, 15) is 13.5 Å². The normalized spacial score (nSPS) is 12.6. The van der Waals surface area contributed by atoms with Crippen LogP contribution in [0.4, 0.5) is 11.4 Å². The first kappa shape index (κ1) is 21.5. The second kappa shape index (κ2) is 9.94. The molecule has 8 heteroatoms. The van der Waals surface area contributed by atoms with Crippen LogP contribution >= 0.6 is 11.6 Å². The van der Waals surface area contributed by atoms with Crippen LogP contribution in [0.25, 0.3) is 0 Å². The van der Waals surface area contributed by atoms with Crippen molar-refractivity contribution in [1.29, 1.82) is 0 Å². The lowest BCUT2D eigenvalue weighted by molar-refractivity contribution is 0.184. The molecule has 27 heavy (non-hydrogen) atoms. The topological polar surface area (TPSA) is 81.7 Å². The molecule has 6 nitrogen and oxygen atoms in total. The molecule has 0 aliphatic rings. The molecule has 0 saturated carbocycles. The van der Waals surface area contributed by atoms with E-state index >= 15 is 0 Å². The molecule has 2 aromatic carbocycles. The Morgan fingerprint density at radius 2 is 1.85 bits per heavy atom. The number of aliphatic hydroxyl groups is 1. The second-order valence-electron chi connectivity index (χ2n) is 6.40. The molecule has 0 heterocycles. The van der Waals surface area contributed by atoms with Crippen LogP contribution in [0.2, 0.25) is 5.02 Å². The first-order chi connectivity index (χ1) is 12.8. The second-order valence-corrected chi connectivity index (χ2v) is 8.85. The number of nitrogens with one attached hydrogen (secondary N) is 2. The molecule has 0 aliphatic heterocycles. The minimum Gasteiger partial charge on any atom is -0.390 e. The van der Waals surface area contributed by atoms with Gasteiger partial charge in [-0.15, -0.1) is 0 Å². The van der Waals surface area contributed by atoms with Crippen molar-refractivity contribution >= 4 is 33.0 Å². The number of sulfonamides is 1. The fraction of sp³-hybridized carbons (Fsp3) is 0.368. The standard InChI is InChI=1S/C19H26ClN3O3S/c1-23(27(2,25)26)18-8-6-17(7-9-18)22-14-19(24)13-21-11-10-15-4-3-5-16(20)12-15/h3-9,12,19,21-22,24H,10-11,13-14H2,1-2H3. The number of hydrogen-bond acceptors (Lipinski definition) is 5. The minimum atomic E-state index is -3.27. The highest BCUT2D eigenvalue weighted by Gasteiger charge is 2.11. The summed E-state index contributed by atoms with van der Waals surface area (Å²) in [5, 5.41) is 17.2. The van der Waals surface area contributed by atoms with Crippen molar-refractivity contribution in [2.45, 2.75) is 12.5 Å². The Balaban J connectivity index is 1.70. The van der Waals surface area contributed by atoms with Crippen molar-refractivity contribution in [3.63, 3.8) is 0 Å². The van der Waals surface area contributed by atoms with E-state index in [1.807, 2.05) is 24.3 Å². The lowest BCUT2D eigenvalue weighted by Crippen LogP contribution is -2.33. The van der Waals surface area contributed by atoms with Crippen molar-refractivity contribution in [2.75, 3.05) is 42.6 Å². The fourth-order valence-corrected chi connectivity index (χ4v) is 3.20. The van der Waals surface area contributed by atoms with E-state index in [-0.39, 0.29) is 0 Å². The summed E-state index contributed by atoms with van der Waals surface area (Å²) in [6, 6.07) is 14.8. The Hall–Kier alpha value is -1.80. The molecule has 0 amide bonds. The van der Waals surface area contributed by atoms with Crippen molar-refractivity contribution in [3.05, 3.63) is 59.1 Å². The molecule has 0 radical (unpaired) electrons. The first-order valence-corrected chi connectivity index (χ1v) is 10.9. The monoisotopic (exact) mass is 411 g/mol. The molecular formula is C19H26ClN3O3S. The van der Waals surface area contributed by atoms with Crippen molar-refractivity contribution in [1.82, 2.24) is 5.32 Å². The molecule has 3 N–H and O–H groups in total. The van der Waals surface area contributed by atoms with Gasteiger partial charge in [0.1, 0.15) is 0 Å². The summed E-state index contributed by atoms with van der Waals surface area (Å²) in [6.45, 7) is 1.62. The molecular weight excluding hydrogens is 386 g/mol. The zero-order valence-corrected chi connectivity index (χ0v) is 17.1. The van der Waals surface area contributed by atoms with Crippen LogP contribution in [0.1, 0.15) is 5.56 Å². The largest absolute Gasteiger partial charge is 0.390 e. The van der Waals surface area contributed by atoms with Gasteiger partial charge in [-0.2, -0.15) is 0 Å². The van der Waals surface area contributed by atoms with E-state index in [2.05, 4.69) is 10.6 Å². The molecule has 148 valence electrons. The maximum absolute atomic E-state index is 11.5. The van der Waals surface area contributed by atoms with Crippen molar-refractivity contribution < 1.29 is 13.5 Å². The van der Waals surface area contributed by atoms with Gasteiger partial charge in [0.05, 0.1) is 18.0 Å². The van der Waals surface area contributed by atoms with Gasteiger partial charge in [-0.1, -0.05) is 23.7 Å². The summed E-state index contributed by atoms with van der Waals surface area (Å²) in [7, 11) is -1.76.